The molecule has 2 fully saturated rings. The van der Waals surface area contributed by atoms with Gasteiger partial charge in [-0.05, 0) is 37.0 Å². The number of likely N-dealkylation sites (tertiary alicyclic amines) is 1. The molecule has 0 aliphatic carbocycles. The van der Waals surface area contributed by atoms with Gasteiger partial charge in [-0.2, -0.15) is 0 Å². The van der Waals surface area contributed by atoms with E-state index in [2.05, 4.69) is 41.6 Å². The number of aliphatic hydroxyl groups excluding tert-OH is 1. The van der Waals surface area contributed by atoms with Crippen LogP contribution in [0.15, 0.2) is 29.1 Å². The van der Waals surface area contributed by atoms with Gasteiger partial charge in [0, 0.05) is 49.8 Å². The molecule has 11 heteroatoms. The Morgan fingerprint density at radius 3 is 2.40 bits per heavy atom. The highest BCUT2D eigenvalue weighted by Gasteiger charge is 2.35. The first kappa shape index (κ1) is 24.5. The summed E-state index contributed by atoms with van der Waals surface area (Å²) in [6.07, 6.45) is 3.16. The summed E-state index contributed by atoms with van der Waals surface area (Å²) >= 11 is 12.5. The molecule has 188 valence electrons. The van der Waals surface area contributed by atoms with Crippen LogP contribution in [-0.4, -0.2) is 86.3 Å². The average molecular weight is 520 g/mol. The molecule has 0 spiro atoms. The monoisotopic (exact) mass is 519 g/mol. The van der Waals surface area contributed by atoms with E-state index in [1.54, 1.807) is 0 Å². The first-order valence-corrected chi connectivity index (χ1v) is 13.0. The maximum absolute atomic E-state index is 11.6. The van der Waals surface area contributed by atoms with Crippen molar-refractivity contribution in [1.82, 2.24) is 29.7 Å². The SMILES string of the molecule is CC[C@H]1CN(c2nc3[nH]c(=O)[nH]c3nc2Cl)CCN1C1CCN([C@@H](CO)c2ccc(Cl)cc2)CC1. The van der Waals surface area contributed by atoms with Crippen LogP contribution in [0, 0.1) is 0 Å². The Labute approximate surface area is 214 Å². The maximum Gasteiger partial charge on any atom is 0.326 e. The summed E-state index contributed by atoms with van der Waals surface area (Å²) < 4.78 is 0. The average Bonchev–Trinajstić information content (AvgIpc) is 3.24. The van der Waals surface area contributed by atoms with Gasteiger partial charge in [-0.1, -0.05) is 42.3 Å². The van der Waals surface area contributed by atoms with Gasteiger partial charge < -0.3 is 10.0 Å². The van der Waals surface area contributed by atoms with Crippen LogP contribution >= 0.6 is 23.2 Å². The molecule has 2 saturated heterocycles. The van der Waals surface area contributed by atoms with Gasteiger partial charge in [0.25, 0.3) is 0 Å². The molecule has 0 radical (unpaired) electrons. The van der Waals surface area contributed by atoms with Crippen LogP contribution in [0.25, 0.3) is 11.3 Å². The topological polar surface area (TPSA) is 104 Å². The summed E-state index contributed by atoms with van der Waals surface area (Å²) in [7, 11) is 0. The normalized spacial score (nSPS) is 21.6. The molecule has 3 aromatic rings. The van der Waals surface area contributed by atoms with Gasteiger partial charge >= 0.3 is 5.69 Å². The second kappa shape index (κ2) is 10.4. The van der Waals surface area contributed by atoms with E-state index in [9.17, 15) is 9.90 Å². The molecule has 2 aromatic heterocycles. The summed E-state index contributed by atoms with van der Waals surface area (Å²) in [5.74, 6) is 0.621. The summed E-state index contributed by atoms with van der Waals surface area (Å²) in [4.78, 5) is 33.0. The molecule has 3 N–H and O–H groups in total. The van der Waals surface area contributed by atoms with Crippen LogP contribution in [0.3, 0.4) is 0 Å². The molecule has 0 saturated carbocycles. The number of nitrogens with one attached hydrogen (secondary N) is 2. The number of aromatic amines is 2. The van der Waals surface area contributed by atoms with Gasteiger partial charge in [0.1, 0.15) is 0 Å². The fourth-order valence-electron chi connectivity index (χ4n) is 5.58. The molecular formula is C24H31Cl2N7O2. The molecule has 2 atom stereocenters. The van der Waals surface area contributed by atoms with Crippen molar-refractivity contribution in [2.45, 2.75) is 44.3 Å². The lowest BCUT2D eigenvalue weighted by Crippen LogP contribution is -2.58. The van der Waals surface area contributed by atoms with Gasteiger partial charge in [-0.15, -0.1) is 0 Å². The first-order valence-electron chi connectivity index (χ1n) is 12.2. The number of halogens is 2. The smallest absolute Gasteiger partial charge is 0.326 e. The quantitative estimate of drug-likeness (QED) is 0.459. The molecule has 2 aliphatic heterocycles. The number of hydrogen-bond donors (Lipinski definition) is 3. The van der Waals surface area contributed by atoms with Gasteiger partial charge in [0.05, 0.1) is 12.6 Å². The first-order chi connectivity index (χ1) is 17.0. The summed E-state index contributed by atoms with van der Waals surface area (Å²) in [6.45, 7) is 6.75. The summed E-state index contributed by atoms with van der Waals surface area (Å²) in [5.41, 5.74) is 1.57. The van der Waals surface area contributed by atoms with E-state index in [1.165, 1.54) is 0 Å². The standard InChI is InChI=1S/C24H31Cl2N7O2/c1-2-17-13-32(23-20(26)27-21-22(28-23)30-24(35)29-21)11-12-33(17)18-7-9-31(10-8-18)19(14-34)15-3-5-16(25)6-4-15/h3-6,17-19,34H,2,7-14H2,1H3,(H2,27,28,29,30,35)/t17-,19-/m0/s1. The second-order valence-corrected chi connectivity index (χ2v) is 10.2. The Morgan fingerprint density at radius 1 is 1.06 bits per heavy atom. The van der Waals surface area contributed by atoms with Crippen LogP contribution in [-0.2, 0) is 0 Å². The molecule has 0 unspecified atom stereocenters. The van der Waals surface area contributed by atoms with E-state index >= 15 is 0 Å². The minimum atomic E-state index is -0.338. The van der Waals surface area contributed by atoms with Crippen molar-refractivity contribution in [2.24, 2.45) is 0 Å². The van der Waals surface area contributed by atoms with Crippen LogP contribution in [0.4, 0.5) is 5.82 Å². The highest BCUT2D eigenvalue weighted by Crippen LogP contribution is 2.31. The lowest BCUT2D eigenvalue weighted by molar-refractivity contribution is 0.0356. The zero-order valence-electron chi connectivity index (χ0n) is 19.8. The van der Waals surface area contributed by atoms with Gasteiger partial charge in [-0.25, -0.2) is 14.8 Å². The van der Waals surface area contributed by atoms with Crippen molar-refractivity contribution in [3.63, 3.8) is 0 Å². The van der Waals surface area contributed by atoms with E-state index in [-0.39, 0.29) is 18.3 Å². The van der Waals surface area contributed by atoms with Crippen LogP contribution in [0.5, 0.6) is 0 Å². The third kappa shape index (κ3) is 5.06. The number of fused-ring (bicyclic) bond motifs is 1. The Kier molecular flexibility index (Phi) is 7.31. The zero-order valence-corrected chi connectivity index (χ0v) is 21.3. The van der Waals surface area contributed by atoms with Crippen molar-refractivity contribution >= 4 is 40.3 Å². The number of nitrogens with zero attached hydrogens (tertiary/aromatic N) is 5. The molecule has 2 aliphatic rings. The molecule has 9 nitrogen and oxygen atoms in total. The molecule has 0 bridgehead atoms. The highest BCUT2D eigenvalue weighted by atomic mass is 35.5. The number of rotatable bonds is 6. The van der Waals surface area contributed by atoms with Crippen LogP contribution in [0.2, 0.25) is 10.2 Å². The molecule has 4 heterocycles. The van der Waals surface area contributed by atoms with Crippen molar-refractivity contribution in [3.8, 4) is 0 Å². The van der Waals surface area contributed by atoms with E-state index < -0.39 is 0 Å². The van der Waals surface area contributed by atoms with Crippen molar-refractivity contribution < 1.29 is 5.11 Å². The number of hydrogen-bond acceptors (Lipinski definition) is 7. The lowest BCUT2D eigenvalue weighted by atomic mass is 9.96. The molecule has 1 aromatic carbocycles. The number of aliphatic hydroxyl groups is 1. The molecule has 0 amide bonds. The number of H-pyrrole nitrogens is 2. The Bertz CT molecular complexity index is 1210. The highest BCUT2D eigenvalue weighted by molar-refractivity contribution is 6.32. The second-order valence-electron chi connectivity index (χ2n) is 9.38. The number of piperazine rings is 1. The van der Waals surface area contributed by atoms with Crippen molar-refractivity contribution in [2.75, 3.05) is 44.2 Å². The van der Waals surface area contributed by atoms with Gasteiger partial charge in [-0.3, -0.25) is 19.8 Å². The largest absolute Gasteiger partial charge is 0.394 e. The van der Waals surface area contributed by atoms with E-state index in [0.717, 1.165) is 57.5 Å². The van der Waals surface area contributed by atoms with Crippen molar-refractivity contribution in [3.05, 3.63) is 50.5 Å². The minimum Gasteiger partial charge on any atom is -0.394 e. The number of anilines is 1. The third-order valence-corrected chi connectivity index (χ3v) is 7.94. The Morgan fingerprint density at radius 2 is 1.74 bits per heavy atom. The Balaban J connectivity index is 1.24. The maximum atomic E-state index is 11.6. The molecule has 35 heavy (non-hydrogen) atoms. The molecular weight excluding hydrogens is 489 g/mol. The zero-order chi connectivity index (χ0) is 24.5. The summed E-state index contributed by atoms with van der Waals surface area (Å²) in [5, 5.41) is 11.1. The fraction of sp³-hybridized carbons (Fsp3) is 0.542. The number of aromatic nitrogens is 4. The minimum absolute atomic E-state index is 0.00235. The Hall–Kier alpha value is -2.17. The fourth-order valence-corrected chi connectivity index (χ4v) is 5.95. The lowest BCUT2D eigenvalue weighted by Gasteiger charge is -2.48. The van der Waals surface area contributed by atoms with E-state index in [4.69, 9.17) is 23.2 Å². The van der Waals surface area contributed by atoms with Crippen molar-refractivity contribution in [1.29, 1.82) is 0 Å². The number of imidazole rings is 1. The molecule has 5 rings (SSSR count). The predicted octanol–water partition coefficient (Wildman–Crippen LogP) is 3.05. The predicted molar refractivity (Wildman–Crippen MR) is 138 cm³/mol. The van der Waals surface area contributed by atoms with E-state index in [0.29, 0.717) is 39.4 Å². The summed E-state index contributed by atoms with van der Waals surface area (Å²) in [6, 6.07) is 8.69. The van der Waals surface area contributed by atoms with Crippen LogP contribution in [0.1, 0.15) is 37.8 Å². The number of piperidine rings is 1. The van der Waals surface area contributed by atoms with E-state index in [1.807, 2.05) is 24.3 Å². The third-order valence-electron chi connectivity index (χ3n) is 7.44. The van der Waals surface area contributed by atoms with Crippen LogP contribution < -0.4 is 10.6 Å². The number of benzene rings is 1. The van der Waals surface area contributed by atoms with Gasteiger partial charge in [0.15, 0.2) is 22.3 Å². The van der Waals surface area contributed by atoms with Gasteiger partial charge in [0.2, 0.25) is 0 Å².